The number of rotatable bonds is 3. The molecule has 1 saturated heterocycles. The average molecular weight is 398 g/mol. The van der Waals surface area contributed by atoms with E-state index >= 15 is 0 Å². The molecule has 3 aromatic heterocycles. The summed E-state index contributed by atoms with van der Waals surface area (Å²) in [5.74, 6) is -0.745. The number of fused-ring (bicyclic) bond motifs is 1. The molecule has 2 N–H and O–H groups in total. The lowest BCUT2D eigenvalue weighted by atomic mass is 9.92. The minimum Gasteiger partial charge on any atom is -0.369 e. The number of aryl methyl sites for hydroxylation is 2. The Morgan fingerprint density at radius 2 is 2.11 bits per heavy atom. The van der Waals surface area contributed by atoms with Crippen molar-refractivity contribution in [2.24, 2.45) is 18.7 Å². The molecular weight excluding hydrogens is 374 g/mol. The van der Waals surface area contributed by atoms with Crippen LogP contribution in [0.5, 0.6) is 0 Å². The third-order valence-electron chi connectivity index (χ3n) is 5.52. The fraction of sp³-hybridized carbons (Fsp3) is 0.400. The van der Waals surface area contributed by atoms with Gasteiger partial charge in [0.2, 0.25) is 5.91 Å². The van der Waals surface area contributed by atoms with E-state index in [1.807, 2.05) is 44.5 Å². The van der Waals surface area contributed by atoms with Gasteiger partial charge in [-0.25, -0.2) is 4.98 Å². The quantitative estimate of drug-likeness (QED) is 0.735. The van der Waals surface area contributed by atoms with Gasteiger partial charge in [-0.2, -0.15) is 5.10 Å². The molecule has 2 amide bonds. The maximum atomic E-state index is 13.6. The summed E-state index contributed by atoms with van der Waals surface area (Å²) < 4.78 is 1.71. The van der Waals surface area contributed by atoms with Crippen LogP contribution in [0.25, 0.3) is 21.6 Å². The Balaban J connectivity index is 1.84. The average Bonchev–Trinajstić information content (AvgIpc) is 3.29. The molecule has 0 saturated carbocycles. The van der Waals surface area contributed by atoms with Gasteiger partial charge in [0.05, 0.1) is 33.1 Å². The van der Waals surface area contributed by atoms with E-state index in [0.717, 1.165) is 34.5 Å². The molecule has 28 heavy (non-hydrogen) atoms. The second-order valence-electron chi connectivity index (χ2n) is 7.42. The van der Waals surface area contributed by atoms with Crippen LogP contribution in [0.2, 0.25) is 0 Å². The van der Waals surface area contributed by atoms with E-state index in [0.29, 0.717) is 17.8 Å². The number of hydrogen-bond acceptors (Lipinski definition) is 5. The van der Waals surface area contributed by atoms with E-state index in [4.69, 9.17) is 10.7 Å². The van der Waals surface area contributed by atoms with Crippen LogP contribution in [0.3, 0.4) is 0 Å². The van der Waals surface area contributed by atoms with Gasteiger partial charge in [0.15, 0.2) is 5.65 Å². The van der Waals surface area contributed by atoms with Crippen LogP contribution in [0.4, 0.5) is 0 Å². The van der Waals surface area contributed by atoms with Crippen LogP contribution in [0.15, 0.2) is 23.6 Å². The van der Waals surface area contributed by atoms with Gasteiger partial charge in [-0.15, -0.1) is 11.3 Å². The van der Waals surface area contributed by atoms with Crippen molar-refractivity contribution in [3.8, 4) is 10.6 Å². The van der Waals surface area contributed by atoms with E-state index < -0.39 is 0 Å². The van der Waals surface area contributed by atoms with Crippen molar-refractivity contribution >= 4 is 34.2 Å². The van der Waals surface area contributed by atoms with Crippen LogP contribution < -0.4 is 5.73 Å². The predicted octanol–water partition coefficient (Wildman–Crippen LogP) is 2.73. The molecule has 3 aromatic rings. The second-order valence-corrected chi connectivity index (χ2v) is 8.37. The van der Waals surface area contributed by atoms with Gasteiger partial charge in [-0.05, 0) is 44.2 Å². The van der Waals surface area contributed by atoms with Crippen molar-refractivity contribution in [3.63, 3.8) is 0 Å². The monoisotopic (exact) mass is 397 g/mol. The van der Waals surface area contributed by atoms with Gasteiger partial charge in [-0.1, -0.05) is 6.07 Å². The summed E-state index contributed by atoms with van der Waals surface area (Å²) in [6.45, 7) is 4.26. The molecule has 0 radical (unpaired) electrons. The number of likely N-dealkylation sites (tertiary alicyclic amines) is 1. The van der Waals surface area contributed by atoms with E-state index in [1.165, 1.54) is 0 Å². The number of piperidine rings is 1. The lowest BCUT2D eigenvalue weighted by Crippen LogP contribution is -2.48. The van der Waals surface area contributed by atoms with Crippen LogP contribution in [0.1, 0.15) is 35.8 Å². The number of pyridine rings is 1. The van der Waals surface area contributed by atoms with E-state index in [-0.39, 0.29) is 23.8 Å². The molecule has 0 bridgehead atoms. The van der Waals surface area contributed by atoms with E-state index in [1.54, 1.807) is 20.9 Å². The van der Waals surface area contributed by atoms with Crippen molar-refractivity contribution in [1.82, 2.24) is 19.7 Å². The molecule has 4 rings (SSSR count). The van der Waals surface area contributed by atoms with Crippen molar-refractivity contribution in [2.45, 2.75) is 32.7 Å². The van der Waals surface area contributed by atoms with Crippen molar-refractivity contribution in [2.75, 3.05) is 6.54 Å². The highest BCUT2D eigenvalue weighted by atomic mass is 32.1. The minimum atomic E-state index is -0.346. The molecule has 4 heterocycles. The highest BCUT2D eigenvalue weighted by Gasteiger charge is 2.33. The Morgan fingerprint density at radius 3 is 2.79 bits per heavy atom. The first-order chi connectivity index (χ1) is 13.4. The van der Waals surface area contributed by atoms with Crippen LogP contribution in [-0.2, 0) is 11.8 Å². The summed E-state index contributed by atoms with van der Waals surface area (Å²) >= 11 is 1.58. The fourth-order valence-corrected chi connectivity index (χ4v) is 4.63. The zero-order valence-electron chi connectivity index (χ0n) is 16.2. The Morgan fingerprint density at radius 1 is 1.32 bits per heavy atom. The van der Waals surface area contributed by atoms with Crippen LogP contribution >= 0.6 is 11.3 Å². The summed E-state index contributed by atoms with van der Waals surface area (Å²) in [5, 5.41) is 7.23. The fourth-order valence-electron chi connectivity index (χ4n) is 3.94. The number of aromatic nitrogens is 3. The molecule has 8 heteroatoms. The zero-order valence-corrected chi connectivity index (χ0v) is 17.0. The Bertz CT molecular complexity index is 1060. The maximum absolute atomic E-state index is 13.6. The molecule has 1 aliphatic heterocycles. The number of hydrogen-bond donors (Lipinski definition) is 1. The number of thiophene rings is 1. The van der Waals surface area contributed by atoms with Crippen LogP contribution in [0, 0.1) is 12.8 Å². The molecule has 0 spiro atoms. The molecule has 2 atom stereocenters. The smallest absolute Gasteiger partial charge is 0.255 e. The largest absolute Gasteiger partial charge is 0.369 e. The number of carbonyl (C=O) groups excluding carboxylic acids is 2. The van der Waals surface area contributed by atoms with Crippen molar-refractivity contribution in [3.05, 3.63) is 34.8 Å². The molecule has 0 aromatic carbocycles. The van der Waals surface area contributed by atoms with Crippen molar-refractivity contribution in [1.29, 1.82) is 0 Å². The number of amides is 2. The third-order valence-corrected chi connectivity index (χ3v) is 6.41. The summed E-state index contributed by atoms with van der Waals surface area (Å²) in [5.41, 5.74) is 8.30. The molecule has 0 aliphatic carbocycles. The first-order valence-corrected chi connectivity index (χ1v) is 10.2. The summed E-state index contributed by atoms with van der Waals surface area (Å²) in [7, 11) is 1.83. The van der Waals surface area contributed by atoms with Gasteiger partial charge in [0.25, 0.3) is 5.91 Å². The standard InChI is InChI=1S/C20H23N5O2S/c1-11-6-7-13(18(21)26)10-25(11)20(27)14-9-15(16-5-4-8-28-16)22-19-17(14)12(2)23-24(19)3/h4-5,8-9,11,13H,6-7,10H2,1-3H3,(H2,21,26)/t11-,13+/m1/s1. The SMILES string of the molecule is Cc1nn(C)c2nc(-c3cccs3)cc(C(=O)N3C[C@@H](C(N)=O)CC[C@H]3C)c12. The molecule has 146 valence electrons. The van der Waals surface area contributed by atoms with Crippen LogP contribution in [-0.4, -0.2) is 44.1 Å². The summed E-state index contributed by atoms with van der Waals surface area (Å²) in [6, 6.07) is 5.86. The lowest BCUT2D eigenvalue weighted by molar-refractivity contribution is -0.123. The first kappa shape index (κ1) is 18.6. The normalized spacial score (nSPS) is 19.9. The van der Waals surface area contributed by atoms with Gasteiger partial charge in [0.1, 0.15) is 0 Å². The molecule has 1 fully saturated rings. The lowest BCUT2D eigenvalue weighted by Gasteiger charge is -2.37. The topological polar surface area (TPSA) is 94.1 Å². The second kappa shape index (κ2) is 7.01. The Kier molecular flexibility index (Phi) is 4.66. The zero-order chi connectivity index (χ0) is 20.0. The van der Waals surface area contributed by atoms with E-state index in [2.05, 4.69) is 5.10 Å². The Labute approximate surface area is 167 Å². The van der Waals surface area contributed by atoms with Crippen molar-refractivity contribution < 1.29 is 9.59 Å². The molecule has 1 aliphatic rings. The van der Waals surface area contributed by atoms with Gasteiger partial charge in [0, 0.05) is 19.6 Å². The highest BCUT2D eigenvalue weighted by molar-refractivity contribution is 7.13. The first-order valence-electron chi connectivity index (χ1n) is 9.35. The highest BCUT2D eigenvalue weighted by Crippen LogP contribution is 2.31. The number of nitrogens with zero attached hydrogens (tertiary/aromatic N) is 4. The predicted molar refractivity (Wildman–Crippen MR) is 109 cm³/mol. The van der Waals surface area contributed by atoms with Gasteiger partial charge < -0.3 is 10.6 Å². The number of carbonyl (C=O) groups is 2. The molecule has 7 nitrogen and oxygen atoms in total. The summed E-state index contributed by atoms with van der Waals surface area (Å²) in [4.78, 5) is 32.8. The van der Waals surface area contributed by atoms with Gasteiger partial charge >= 0.3 is 0 Å². The third kappa shape index (κ3) is 3.07. The number of nitrogens with two attached hydrogens (primary N) is 1. The minimum absolute atomic E-state index is 0.0495. The van der Waals surface area contributed by atoms with Gasteiger partial charge in [-0.3, -0.25) is 14.3 Å². The van der Waals surface area contributed by atoms with E-state index in [9.17, 15) is 9.59 Å². The number of primary amides is 1. The maximum Gasteiger partial charge on any atom is 0.255 e. The molecular formula is C20H23N5O2S. The molecule has 0 unspecified atom stereocenters. The summed E-state index contributed by atoms with van der Waals surface area (Å²) in [6.07, 6.45) is 1.48. The Hall–Kier alpha value is -2.74.